The van der Waals surface area contributed by atoms with Gasteiger partial charge >= 0.3 is 6.03 Å². The number of amides is 3. The molecule has 0 heterocycles. The van der Waals surface area contributed by atoms with E-state index in [0.29, 0.717) is 12.2 Å². The summed E-state index contributed by atoms with van der Waals surface area (Å²) in [5.41, 5.74) is 7.68. The zero-order valence-electron chi connectivity index (χ0n) is 14.5. The Bertz CT molecular complexity index is 701. The van der Waals surface area contributed by atoms with Crippen LogP contribution >= 0.6 is 0 Å². The Morgan fingerprint density at radius 3 is 2.28 bits per heavy atom. The minimum absolute atomic E-state index is 0.0439. The summed E-state index contributed by atoms with van der Waals surface area (Å²) >= 11 is 0. The fourth-order valence-electron chi connectivity index (χ4n) is 2.57. The van der Waals surface area contributed by atoms with E-state index in [9.17, 15) is 9.59 Å². The summed E-state index contributed by atoms with van der Waals surface area (Å²) in [7, 11) is 0. The lowest BCUT2D eigenvalue weighted by atomic mass is 10.1. The minimum Gasteiger partial charge on any atom is -0.363 e. The fraction of sp³-hybridized carbons (Fsp3) is 0.263. The van der Waals surface area contributed by atoms with E-state index in [1.165, 1.54) is 0 Å². The van der Waals surface area contributed by atoms with E-state index >= 15 is 0 Å². The molecule has 0 aliphatic rings. The SMILES string of the molecule is CCN(CC(=O)N[C@H](C)c1ccc(NC(N)=O)cc1)c1ccccc1. The second kappa shape index (κ2) is 8.73. The number of anilines is 2. The highest BCUT2D eigenvalue weighted by molar-refractivity contribution is 5.87. The van der Waals surface area contributed by atoms with Crippen LogP contribution in [0.1, 0.15) is 25.5 Å². The summed E-state index contributed by atoms with van der Waals surface area (Å²) in [6, 6.07) is 16.3. The number of para-hydroxylation sites is 1. The number of likely N-dealkylation sites (N-methyl/N-ethyl adjacent to an activating group) is 1. The van der Waals surface area contributed by atoms with Crippen LogP contribution in [0.25, 0.3) is 0 Å². The number of nitrogens with two attached hydrogens (primary N) is 1. The third kappa shape index (κ3) is 5.53. The molecule has 0 fully saturated rings. The van der Waals surface area contributed by atoms with Crippen molar-refractivity contribution in [2.45, 2.75) is 19.9 Å². The largest absolute Gasteiger partial charge is 0.363 e. The number of hydrogen-bond donors (Lipinski definition) is 3. The fourth-order valence-corrected chi connectivity index (χ4v) is 2.57. The summed E-state index contributed by atoms with van der Waals surface area (Å²) in [5.74, 6) is -0.0439. The van der Waals surface area contributed by atoms with Gasteiger partial charge in [0.25, 0.3) is 0 Å². The van der Waals surface area contributed by atoms with Crippen LogP contribution < -0.4 is 21.3 Å². The summed E-state index contributed by atoms with van der Waals surface area (Å²) in [6.07, 6.45) is 0. The van der Waals surface area contributed by atoms with Crippen LogP contribution in [0, 0.1) is 0 Å². The number of hydrogen-bond acceptors (Lipinski definition) is 3. The van der Waals surface area contributed by atoms with Gasteiger partial charge in [0.15, 0.2) is 0 Å². The molecule has 25 heavy (non-hydrogen) atoms. The highest BCUT2D eigenvalue weighted by Crippen LogP contribution is 2.17. The van der Waals surface area contributed by atoms with Crippen molar-refractivity contribution in [1.82, 2.24) is 5.32 Å². The van der Waals surface area contributed by atoms with Crippen LogP contribution in [0.4, 0.5) is 16.2 Å². The van der Waals surface area contributed by atoms with Gasteiger partial charge in [-0.2, -0.15) is 0 Å². The maximum Gasteiger partial charge on any atom is 0.316 e. The van der Waals surface area contributed by atoms with Gasteiger partial charge in [0.2, 0.25) is 5.91 Å². The Kier molecular flexibility index (Phi) is 6.39. The maximum atomic E-state index is 12.4. The number of urea groups is 1. The number of carbonyl (C=O) groups excluding carboxylic acids is 2. The normalized spacial score (nSPS) is 11.4. The molecule has 0 spiro atoms. The van der Waals surface area contributed by atoms with E-state index in [-0.39, 0.29) is 11.9 Å². The summed E-state index contributed by atoms with van der Waals surface area (Å²) in [4.78, 5) is 25.2. The molecule has 0 saturated carbocycles. The van der Waals surface area contributed by atoms with Crippen molar-refractivity contribution in [3.63, 3.8) is 0 Å². The second-order valence-electron chi connectivity index (χ2n) is 5.75. The van der Waals surface area contributed by atoms with Crippen molar-refractivity contribution in [3.05, 3.63) is 60.2 Å². The predicted octanol–water partition coefficient (Wildman–Crippen LogP) is 2.88. The van der Waals surface area contributed by atoms with Crippen LogP contribution in [0.15, 0.2) is 54.6 Å². The minimum atomic E-state index is -0.602. The van der Waals surface area contributed by atoms with Crippen molar-refractivity contribution in [2.75, 3.05) is 23.3 Å². The molecule has 6 nitrogen and oxygen atoms in total. The average molecular weight is 340 g/mol. The van der Waals surface area contributed by atoms with Gasteiger partial charge in [-0.05, 0) is 43.7 Å². The number of nitrogens with zero attached hydrogens (tertiary/aromatic N) is 1. The molecule has 4 N–H and O–H groups in total. The average Bonchev–Trinajstić information content (AvgIpc) is 2.60. The second-order valence-corrected chi connectivity index (χ2v) is 5.75. The van der Waals surface area contributed by atoms with Crippen molar-refractivity contribution in [3.8, 4) is 0 Å². The van der Waals surface area contributed by atoms with Gasteiger partial charge in [-0.1, -0.05) is 30.3 Å². The molecule has 0 radical (unpaired) electrons. The van der Waals surface area contributed by atoms with E-state index in [0.717, 1.165) is 17.8 Å². The summed E-state index contributed by atoms with van der Waals surface area (Å²) in [6.45, 7) is 4.99. The van der Waals surface area contributed by atoms with E-state index < -0.39 is 6.03 Å². The predicted molar refractivity (Wildman–Crippen MR) is 101 cm³/mol. The van der Waals surface area contributed by atoms with Crippen LogP contribution in [0.2, 0.25) is 0 Å². The van der Waals surface area contributed by atoms with Gasteiger partial charge in [-0.25, -0.2) is 4.79 Å². The smallest absolute Gasteiger partial charge is 0.316 e. The first kappa shape index (κ1) is 18.3. The molecule has 2 aromatic carbocycles. The first-order valence-electron chi connectivity index (χ1n) is 8.25. The first-order chi connectivity index (χ1) is 12.0. The Balaban J connectivity index is 1.94. The van der Waals surface area contributed by atoms with Crippen LogP contribution in [0.5, 0.6) is 0 Å². The lowest BCUT2D eigenvalue weighted by Gasteiger charge is -2.24. The zero-order valence-corrected chi connectivity index (χ0v) is 14.5. The third-order valence-electron chi connectivity index (χ3n) is 3.89. The zero-order chi connectivity index (χ0) is 18.2. The number of rotatable bonds is 7. The van der Waals surface area contributed by atoms with Crippen molar-refractivity contribution >= 4 is 23.3 Å². The molecule has 2 rings (SSSR count). The number of nitrogens with one attached hydrogen (secondary N) is 2. The Hall–Kier alpha value is -3.02. The molecule has 0 unspecified atom stereocenters. The maximum absolute atomic E-state index is 12.4. The van der Waals surface area contributed by atoms with Crippen molar-refractivity contribution in [1.29, 1.82) is 0 Å². The molecule has 132 valence electrons. The molecule has 1 atom stereocenters. The summed E-state index contributed by atoms with van der Waals surface area (Å²) in [5, 5.41) is 5.51. The molecular formula is C19H24N4O2. The molecule has 0 saturated heterocycles. The lowest BCUT2D eigenvalue weighted by Crippen LogP contribution is -2.38. The molecule has 2 aromatic rings. The molecular weight excluding hydrogens is 316 g/mol. The van der Waals surface area contributed by atoms with Gasteiger partial charge in [0.05, 0.1) is 12.6 Å². The molecule has 0 aromatic heterocycles. The molecule has 3 amide bonds. The molecule has 0 bridgehead atoms. The van der Waals surface area contributed by atoms with Gasteiger partial charge in [-0.3, -0.25) is 4.79 Å². The van der Waals surface area contributed by atoms with Crippen LogP contribution in [-0.4, -0.2) is 25.0 Å². The van der Waals surface area contributed by atoms with Crippen LogP contribution in [0.3, 0.4) is 0 Å². The van der Waals surface area contributed by atoms with Crippen molar-refractivity contribution < 1.29 is 9.59 Å². The molecule has 6 heteroatoms. The third-order valence-corrected chi connectivity index (χ3v) is 3.89. The monoisotopic (exact) mass is 340 g/mol. The number of benzene rings is 2. The number of primary amides is 1. The van der Waals surface area contributed by atoms with E-state index in [2.05, 4.69) is 10.6 Å². The Labute approximate surface area is 148 Å². The Morgan fingerprint density at radius 2 is 1.72 bits per heavy atom. The van der Waals surface area contributed by atoms with E-state index in [1.54, 1.807) is 12.1 Å². The van der Waals surface area contributed by atoms with Gasteiger partial charge in [0, 0.05) is 17.9 Å². The lowest BCUT2D eigenvalue weighted by molar-refractivity contribution is -0.120. The first-order valence-corrected chi connectivity index (χ1v) is 8.25. The highest BCUT2D eigenvalue weighted by atomic mass is 16.2. The standard InChI is InChI=1S/C19H24N4O2/c1-3-23(17-7-5-4-6-8-17)13-18(24)21-14(2)15-9-11-16(12-10-15)22-19(20)25/h4-12,14H,3,13H2,1-2H3,(H,21,24)(H3,20,22,25)/t14-/m1/s1. The number of carbonyl (C=O) groups is 2. The van der Waals surface area contributed by atoms with Gasteiger partial charge in [0.1, 0.15) is 0 Å². The Morgan fingerprint density at radius 1 is 1.08 bits per heavy atom. The summed E-state index contributed by atoms with van der Waals surface area (Å²) < 4.78 is 0. The topological polar surface area (TPSA) is 87.5 Å². The van der Waals surface area contributed by atoms with Crippen molar-refractivity contribution in [2.24, 2.45) is 5.73 Å². The molecule has 0 aliphatic heterocycles. The van der Waals surface area contributed by atoms with Gasteiger partial charge in [-0.15, -0.1) is 0 Å². The highest BCUT2D eigenvalue weighted by Gasteiger charge is 2.13. The van der Waals surface area contributed by atoms with Gasteiger partial charge < -0.3 is 21.3 Å². The molecule has 0 aliphatic carbocycles. The quantitative estimate of drug-likeness (QED) is 0.724. The van der Waals surface area contributed by atoms with E-state index in [4.69, 9.17) is 5.73 Å². The van der Waals surface area contributed by atoms with E-state index in [1.807, 2.05) is 61.2 Å². The van der Waals surface area contributed by atoms with Crippen LogP contribution in [-0.2, 0) is 4.79 Å².